The van der Waals surface area contributed by atoms with E-state index < -0.39 is 0 Å². The van der Waals surface area contributed by atoms with Crippen molar-refractivity contribution in [3.63, 3.8) is 0 Å². The molecule has 0 aromatic carbocycles. The molecule has 0 amide bonds. The van der Waals surface area contributed by atoms with Crippen LogP contribution < -0.4 is 10.2 Å². The Balaban J connectivity index is 2.97. The van der Waals surface area contributed by atoms with Crippen LogP contribution in [0.5, 0.6) is 0 Å². The quantitative estimate of drug-likeness (QED) is 0.833. The van der Waals surface area contributed by atoms with E-state index in [-0.39, 0.29) is 0 Å². The number of aromatic nitrogens is 2. The molecule has 18 heavy (non-hydrogen) atoms. The summed E-state index contributed by atoms with van der Waals surface area (Å²) in [6, 6.07) is 0.472. The van der Waals surface area contributed by atoms with Gasteiger partial charge in [-0.15, -0.1) is 0 Å². The van der Waals surface area contributed by atoms with Gasteiger partial charge < -0.3 is 10.2 Å². The van der Waals surface area contributed by atoms with Gasteiger partial charge in [0.1, 0.15) is 5.82 Å². The van der Waals surface area contributed by atoms with Crippen molar-refractivity contribution in [2.24, 2.45) is 0 Å². The Labute approximate surface area is 118 Å². The van der Waals surface area contributed by atoms with Gasteiger partial charge in [0.05, 0.1) is 4.47 Å². The van der Waals surface area contributed by atoms with Crippen molar-refractivity contribution in [2.75, 3.05) is 23.3 Å². The second-order valence-electron chi connectivity index (χ2n) is 4.34. The van der Waals surface area contributed by atoms with E-state index in [2.05, 4.69) is 63.8 Å². The van der Waals surface area contributed by atoms with Crippen LogP contribution in [0.15, 0.2) is 10.7 Å². The summed E-state index contributed by atoms with van der Waals surface area (Å²) in [6.45, 7) is 10.5. The monoisotopic (exact) mass is 314 g/mol. The van der Waals surface area contributed by atoms with Gasteiger partial charge in [0.25, 0.3) is 0 Å². The van der Waals surface area contributed by atoms with E-state index in [9.17, 15) is 0 Å². The number of nitrogens with zero attached hydrogens (tertiary/aromatic N) is 3. The topological polar surface area (TPSA) is 41.1 Å². The van der Waals surface area contributed by atoms with Crippen molar-refractivity contribution >= 4 is 27.7 Å². The molecular formula is C13H23BrN4. The minimum atomic E-state index is 0.472. The summed E-state index contributed by atoms with van der Waals surface area (Å²) >= 11 is 3.54. The molecular weight excluding hydrogens is 292 g/mol. The minimum Gasteiger partial charge on any atom is -0.354 e. The molecule has 1 aromatic heterocycles. The van der Waals surface area contributed by atoms with Crippen LogP contribution in [0.4, 0.5) is 11.8 Å². The predicted molar refractivity (Wildman–Crippen MR) is 81.3 cm³/mol. The summed E-state index contributed by atoms with van der Waals surface area (Å²) in [7, 11) is 0. The highest BCUT2D eigenvalue weighted by atomic mass is 79.9. The van der Waals surface area contributed by atoms with Gasteiger partial charge in [0, 0.05) is 25.3 Å². The zero-order valence-corrected chi connectivity index (χ0v) is 13.3. The highest BCUT2D eigenvalue weighted by molar-refractivity contribution is 9.10. The Kier molecular flexibility index (Phi) is 6.39. The number of anilines is 2. The molecule has 0 spiro atoms. The Morgan fingerprint density at radius 1 is 1.39 bits per heavy atom. The lowest BCUT2D eigenvalue weighted by atomic mass is 10.2. The molecule has 0 saturated carbocycles. The van der Waals surface area contributed by atoms with Crippen LogP contribution in [-0.4, -0.2) is 29.1 Å². The number of hydrogen-bond acceptors (Lipinski definition) is 4. The third kappa shape index (κ3) is 3.83. The van der Waals surface area contributed by atoms with Crippen molar-refractivity contribution < 1.29 is 0 Å². The van der Waals surface area contributed by atoms with Crippen molar-refractivity contribution in [3.8, 4) is 0 Å². The average Bonchev–Trinajstić information content (AvgIpc) is 2.39. The zero-order valence-electron chi connectivity index (χ0n) is 11.7. The lowest BCUT2D eigenvalue weighted by Gasteiger charge is -2.29. The second-order valence-corrected chi connectivity index (χ2v) is 5.19. The first-order valence-electron chi connectivity index (χ1n) is 6.67. The molecule has 1 rings (SSSR count). The lowest BCUT2D eigenvalue weighted by molar-refractivity contribution is 0.621. The molecule has 0 aliphatic heterocycles. The number of rotatable bonds is 7. The molecule has 102 valence electrons. The van der Waals surface area contributed by atoms with Gasteiger partial charge in [-0.2, -0.15) is 4.98 Å². The van der Waals surface area contributed by atoms with Crippen molar-refractivity contribution in [1.82, 2.24) is 9.97 Å². The third-order valence-electron chi connectivity index (χ3n) is 2.99. The van der Waals surface area contributed by atoms with Crippen LogP contribution in [0.3, 0.4) is 0 Å². The average molecular weight is 315 g/mol. The Morgan fingerprint density at radius 2 is 2.11 bits per heavy atom. The first-order valence-corrected chi connectivity index (χ1v) is 7.46. The number of halogens is 1. The molecule has 1 heterocycles. The van der Waals surface area contributed by atoms with Crippen LogP contribution >= 0.6 is 15.9 Å². The fourth-order valence-corrected chi connectivity index (χ4v) is 2.19. The van der Waals surface area contributed by atoms with Crippen LogP contribution in [0.1, 0.15) is 40.5 Å². The summed E-state index contributed by atoms with van der Waals surface area (Å²) in [4.78, 5) is 11.2. The van der Waals surface area contributed by atoms with E-state index in [4.69, 9.17) is 0 Å². The van der Waals surface area contributed by atoms with Crippen molar-refractivity contribution in [1.29, 1.82) is 0 Å². The summed E-state index contributed by atoms with van der Waals surface area (Å²) in [6.07, 6.45) is 3.99. The molecule has 0 saturated heterocycles. The molecule has 4 nitrogen and oxygen atoms in total. The van der Waals surface area contributed by atoms with Gasteiger partial charge >= 0.3 is 0 Å². The van der Waals surface area contributed by atoms with E-state index in [1.807, 2.05) is 6.20 Å². The smallest absolute Gasteiger partial charge is 0.224 e. The number of nitrogens with one attached hydrogen (secondary N) is 1. The van der Waals surface area contributed by atoms with E-state index in [0.717, 1.165) is 36.2 Å². The molecule has 1 atom stereocenters. The maximum Gasteiger partial charge on any atom is 0.224 e. The molecule has 0 aliphatic carbocycles. The first-order chi connectivity index (χ1) is 8.63. The molecule has 0 aliphatic rings. The van der Waals surface area contributed by atoms with Crippen LogP contribution in [0.25, 0.3) is 0 Å². The van der Waals surface area contributed by atoms with Crippen molar-refractivity contribution in [2.45, 2.75) is 46.6 Å². The van der Waals surface area contributed by atoms with Crippen LogP contribution in [-0.2, 0) is 0 Å². The predicted octanol–water partition coefficient (Wildman–Crippen LogP) is 3.69. The third-order valence-corrected chi connectivity index (χ3v) is 3.55. The summed E-state index contributed by atoms with van der Waals surface area (Å²) in [5.41, 5.74) is 0. The minimum absolute atomic E-state index is 0.472. The molecule has 0 fully saturated rings. The highest BCUT2D eigenvalue weighted by Crippen LogP contribution is 2.26. The maximum absolute atomic E-state index is 4.61. The van der Waals surface area contributed by atoms with Gasteiger partial charge in [0.15, 0.2) is 0 Å². The number of hydrogen-bond donors (Lipinski definition) is 1. The molecule has 5 heteroatoms. The van der Waals surface area contributed by atoms with Gasteiger partial charge in [-0.05, 0) is 42.6 Å². The molecule has 1 aromatic rings. The van der Waals surface area contributed by atoms with Gasteiger partial charge in [-0.3, -0.25) is 0 Å². The summed E-state index contributed by atoms with van der Waals surface area (Å²) in [5.74, 6) is 1.68. The first kappa shape index (κ1) is 15.2. The highest BCUT2D eigenvalue weighted by Gasteiger charge is 2.16. The zero-order chi connectivity index (χ0) is 13.5. The fraction of sp³-hybridized carbons (Fsp3) is 0.692. The van der Waals surface area contributed by atoms with Crippen LogP contribution in [0, 0.1) is 0 Å². The lowest BCUT2D eigenvalue weighted by Crippen LogP contribution is -2.33. The van der Waals surface area contributed by atoms with E-state index in [0.29, 0.717) is 12.0 Å². The molecule has 0 radical (unpaired) electrons. The van der Waals surface area contributed by atoms with E-state index in [1.54, 1.807) is 0 Å². The Hall–Kier alpha value is -0.840. The maximum atomic E-state index is 4.61. The molecule has 1 unspecified atom stereocenters. The van der Waals surface area contributed by atoms with Gasteiger partial charge in [-0.25, -0.2) is 4.98 Å². The standard InChI is InChI=1S/C13H23BrN4/c1-5-8-15-13-16-9-11(14)12(17-13)18(7-3)10(4)6-2/h9-10H,5-8H2,1-4H3,(H,15,16,17). The summed E-state index contributed by atoms with van der Waals surface area (Å²) < 4.78 is 0.951. The summed E-state index contributed by atoms with van der Waals surface area (Å²) in [5, 5.41) is 3.23. The Bertz CT molecular complexity index is 370. The Morgan fingerprint density at radius 3 is 2.67 bits per heavy atom. The van der Waals surface area contributed by atoms with E-state index in [1.165, 1.54) is 0 Å². The molecule has 1 N–H and O–H groups in total. The molecule has 0 bridgehead atoms. The normalized spacial score (nSPS) is 12.3. The van der Waals surface area contributed by atoms with Crippen molar-refractivity contribution in [3.05, 3.63) is 10.7 Å². The van der Waals surface area contributed by atoms with Gasteiger partial charge in [0.2, 0.25) is 5.95 Å². The van der Waals surface area contributed by atoms with E-state index >= 15 is 0 Å². The SMILES string of the molecule is CCCNc1ncc(Br)c(N(CC)C(C)CC)n1. The van der Waals surface area contributed by atoms with Gasteiger partial charge in [-0.1, -0.05) is 13.8 Å². The largest absolute Gasteiger partial charge is 0.354 e. The fourth-order valence-electron chi connectivity index (χ4n) is 1.77. The second kappa shape index (κ2) is 7.56. The van der Waals surface area contributed by atoms with Crippen LogP contribution in [0.2, 0.25) is 0 Å².